The van der Waals surface area contributed by atoms with E-state index in [4.69, 9.17) is 5.73 Å². The number of hydrogen-bond acceptors (Lipinski definition) is 5. The topological polar surface area (TPSA) is 72.5 Å². The Kier molecular flexibility index (Phi) is 7.58. The van der Waals surface area contributed by atoms with Gasteiger partial charge in [0, 0.05) is 10.5 Å². The quantitative estimate of drug-likeness (QED) is 0.463. The van der Waals surface area contributed by atoms with E-state index in [-0.39, 0.29) is 19.0 Å². The van der Waals surface area contributed by atoms with Crippen LogP contribution in [0, 0.1) is 0 Å². The van der Waals surface area contributed by atoms with Crippen LogP contribution in [0.3, 0.4) is 0 Å². The lowest BCUT2D eigenvalue weighted by Crippen LogP contribution is -2.41. The number of rotatable bonds is 5. The SMILES string of the molecule is CCOC(=O)C(F)(F)[C@@H](N)c1cc(SC(F)(F)F)ccc1O.Cl. The number of carbonyl (C=O) groups excluding carboxylic acids is 1. The zero-order chi connectivity index (χ0) is 17.1. The number of halogens is 6. The Morgan fingerprint density at radius 3 is 2.39 bits per heavy atom. The molecule has 1 atom stereocenters. The van der Waals surface area contributed by atoms with Crippen LogP contribution in [-0.2, 0) is 9.53 Å². The van der Waals surface area contributed by atoms with Crippen LogP contribution in [0.5, 0.6) is 5.75 Å². The number of aromatic hydroxyl groups is 1. The van der Waals surface area contributed by atoms with Gasteiger partial charge in [-0.15, -0.1) is 12.4 Å². The molecule has 0 heterocycles. The van der Waals surface area contributed by atoms with Crippen LogP contribution in [0.1, 0.15) is 18.5 Å². The normalized spacial score (nSPS) is 13.2. The summed E-state index contributed by atoms with van der Waals surface area (Å²) in [6, 6.07) is 0.00230. The molecule has 0 unspecified atom stereocenters. The van der Waals surface area contributed by atoms with E-state index in [0.717, 1.165) is 12.1 Å². The fourth-order valence-electron chi connectivity index (χ4n) is 1.53. The second kappa shape index (κ2) is 8.02. The fraction of sp³-hybridized carbons (Fsp3) is 0.417. The Balaban J connectivity index is 0.00000484. The summed E-state index contributed by atoms with van der Waals surface area (Å²) in [5.74, 6) is -6.87. The predicted octanol–water partition coefficient (Wildman–Crippen LogP) is 3.62. The first-order valence-electron chi connectivity index (χ1n) is 5.88. The highest BCUT2D eigenvalue weighted by Crippen LogP contribution is 2.41. The average molecular weight is 382 g/mol. The highest BCUT2D eigenvalue weighted by molar-refractivity contribution is 8.00. The van der Waals surface area contributed by atoms with E-state index >= 15 is 0 Å². The van der Waals surface area contributed by atoms with Gasteiger partial charge in [0.05, 0.1) is 6.61 Å². The van der Waals surface area contributed by atoms with Gasteiger partial charge in [0.25, 0.3) is 0 Å². The third-order valence-corrected chi connectivity index (χ3v) is 3.23. The number of alkyl halides is 5. The molecule has 0 saturated heterocycles. The Morgan fingerprint density at radius 2 is 1.91 bits per heavy atom. The van der Waals surface area contributed by atoms with Gasteiger partial charge in [-0.05, 0) is 36.9 Å². The number of phenols is 1. The fourth-order valence-corrected chi connectivity index (χ4v) is 2.12. The number of carbonyl (C=O) groups is 1. The van der Waals surface area contributed by atoms with Crippen LogP contribution < -0.4 is 5.73 Å². The first-order valence-corrected chi connectivity index (χ1v) is 6.70. The maximum atomic E-state index is 13.8. The first-order chi connectivity index (χ1) is 9.99. The molecule has 1 rings (SSSR count). The molecule has 0 fully saturated rings. The molecule has 0 bridgehead atoms. The maximum Gasteiger partial charge on any atom is 0.446 e. The molecular weight excluding hydrogens is 369 g/mol. The molecular formula is C12H13ClF5NO3S. The van der Waals surface area contributed by atoms with E-state index in [1.54, 1.807) is 0 Å². The number of phenolic OH excluding ortho intramolecular Hbond substituents is 1. The molecule has 132 valence electrons. The minimum atomic E-state index is -4.64. The number of ether oxygens (including phenoxy) is 1. The zero-order valence-electron chi connectivity index (χ0n) is 11.6. The second-order valence-corrected chi connectivity index (χ2v) is 5.23. The molecule has 0 aliphatic rings. The lowest BCUT2D eigenvalue weighted by molar-refractivity contribution is -0.174. The summed E-state index contributed by atoms with van der Waals surface area (Å²) in [7, 11) is 0. The molecule has 0 aromatic heterocycles. The molecule has 11 heteroatoms. The van der Waals surface area contributed by atoms with Gasteiger partial charge in [-0.25, -0.2) is 4.79 Å². The van der Waals surface area contributed by atoms with E-state index in [1.165, 1.54) is 6.92 Å². The molecule has 23 heavy (non-hydrogen) atoms. The van der Waals surface area contributed by atoms with Crippen LogP contribution in [0.2, 0.25) is 0 Å². The summed E-state index contributed by atoms with van der Waals surface area (Å²) in [6.45, 7) is 0.981. The molecule has 0 aliphatic heterocycles. The summed E-state index contributed by atoms with van der Waals surface area (Å²) < 4.78 is 68.6. The van der Waals surface area contributed by atoms with Gasteiger partial charge in [-0.3, -0.25) is 0 Å². The third kappa shape index (κ3) is 5.70. The van der Waals surface area contributed by atoms with Crippen molar-refractivity contribution in [3.63, 3.8) is 0 Å². The smallest absolute Gasteiger partial charge is 0.446 e. The van der Waals surface area contributed by atoms with Crippen molar-refractivity contribution >= 4 is 30.1 Å². The predicted molar refractivity (Wildman–Crippen MR) is 75.8 cm³/mol. The van der Waals surface area contributed by atoms with Gasteiger partial charge in [-0.2, -0.15) is 22.0 Å². The highest BCUT2D eigenvalue weighted by Gasteiger charge is 2.48. The van der Waals surface area contributed by atoms with Crippen molar-refractivity contribution in [2.45, 2.75) is 29.3 Å². The monoisotopic (exact) mass is 381 g/mol. The number of hydrogen-bond donors (Lipinski definition) is 2. The number of esters is 1. The van der Waals surface area contributed by atoms with E-state index in [0.29, 0.717) is 6.07 Å². The second-order valence-electron chi connectivity index (χ2n) is 4.09. The minimum Gasteiger partial charge on any atom is -0.508 e. The minimum absolute atomic E-state index is 0. The lowest BCUT2D eigenvalue weighted by atomic mass is 10.0. The molecule has 0 aliphatic carbocycles. The van der Waals surface area contributed by atoms with Crippen LogP contribution in [0.15, 0.2) is 23.1 Å². The van der Waals surface area contributed by atoms with Crippen molar-refractivity contribution in [3.8, 4) is 5.75 Å². The molecule has 1 aromatic carbocycles. The van der Waals surface area contributed by atoms with Gasteiger partial charge in [0.2, 0.25) is 0 Å². The van der Waals surface area contributed by atoms with Crippen molar-refractivity contribution in [1.82, 2.24) is 0 Å². The largest absolute Gasteiger partial charge is 0.508 e. The van der Waals surface area contributed by atoms with Crippen molar-refractivity contribution in [1.29, 1.82) is 0 Å². The highest BCUT2D eigenvalue weighted by atomic mass is 35.5. The van der Waals surface area contributed by atoms with Gasteiger partial charge in [0.1, 0.15) is 11.8 Å². The summed E-state index contributed by atoms with van der Waals surface area (Å²) in [4.78, 5) is 10.7. The molecule has 0 radical (unpaired) electrons. The van der Waals surface area contributed by atoms with Crippen LogP contribution >= 0.6 is 24.2 Å². The first kappa shape index (κ1) is 21.7. The summed E-state index contributed by atoms with van der Waals surface area (Å²) in [5.41, 5.74) is -0.0885. The average Bonchev–Trinajstić information content (AvgIpc) is 2.38. The third-order valence-electron chi connectivity index (χ3n) is 2.51. The molecule has 1 aromatic rings. The van der Waals surface area contributed by atoms with Crippen molar-refractivity contribution in [2.24, 2.45) is 5.73 Å². The molecule has 0 spiro atoms. The maximum absolute atomic E-state index is 13.8. The molecule has 3 N–H and O–H groups in total. The summed E-state index contributed by atoms with van der Waals surface area (Å²) in [5, 5.41) is 9.52. The lowest BCUT2D eigenvalue weighted by Gasteiger charge is -2.23. The van der Waals surface area contributed by atoms with E-state index in [2.05, 4.69) is 4.74 Å². The summed E-state index contributed by atoms with van der Waals surface area (Å²) in [6.07, 6.45) is 0. The molecule has 0 amide bonds. The zero-order valence-corrected chi connectivity index (χ0v) is 13.2. The van der Waals surface area contributed by atoms with E-state index < -0.39 is 51.4 Å². The standard InChI is InChI=1S/C12H12F5NO3S.ClH/c1-2-21-10(20)11(13,14)9(18)7-5-6(3-4-8(7)19)22-12(15,16)17;/h3-5,9,19H,2,18H2,1H3;1H/t9-;/m0./s1. The Bertz CT molecular complexity index is 556. The van der Waals surface area contributed by atoms with Crippen molar-refractivity contribution in [2.75, 3.05) is 6.61 Å². The van der Waals surface area contributed by atoms with Crippen molar-refractivity contribution < 1.29 is 36.6 Å². The Labute approximate surface area is 138 Å². The van der Waals surface area contributed by atoms with E-state index in [1.807, 2.05) is 0 Å². The van der Waals surface area contributed by atoms with Gasteiger partial charge in [-0.1, -0.05) is 0 Å². The Morgan fingerprint density at radius 1 is 1.35 bits per heavy atom. The number of thioether (sulfide) groups is 1. The van der Waals surface area contributed by atoms with Crippen LogP contribution in [0.25, 0.3) is 0 Å². The Hall–Kier alpha value is -1.26. The molecule has 0 saturated carbocycles. The van der Waals surface area contributed by atoms with Gasteiger partial charge < -0.3 is 15.6 Å². The number of benzene rings is 1. The van der Waals surface area contributed by atoms with Crippen LogP contribution in [-0.4, -0.2) is 29.1 Å². The van der Waals surface area contributed by atoms with Crippen LogP contribution in [0.4, 0.5) is 22.0 Å². The van der Waals surface area contributed by atoms with Gasteiger partial charge in [0.15, 0.2) is 0 Å². The van der Waals surface area contributed by atoms with Gasteiger partial charge >= 0.3 is 17.4 Å². The summed E-state index contributed by atoms with van der Waals surface area (Å²) >= 11 is -0.557. The number of nitrogens with two attached hydrogens (primary N) is 1. The van der Waals surface area contributed by atoms with E-state index in [9.17, 15) is 31.9 Å². The molecule has 4 nitrogen and oxygen atoms in total. The van der Waals surface area contributed by atoms with Crippen molar-refractivity contribution in [3.05, 3.63) is 23.8 Å².